The van der Waals surface area contributed by atoms with E-state index in [1.807, 2.05) is 0 Å². The van der Waals surface area contributed by atoms with Crippen molar-refractivity contribution in [2.75, 3.05) is 12.5 Å². The molecule has 1 aromatic carbocycles. The fourth-order valence-electron chi connectivity index (χ4n) is 1.68. The normalized spacial score (nSPS) is 10.5. The molecule has 0 radical (unpaired) electrons. The summed E-state index contributed by atoms with van der Waals surface area (Å²) >= 11 is 5.60. The van der Waals surface area contributed by atoms with E-state index in [0.29, 0.717) is 30.4 Å². The Morgan fingerprint density at radius 2 is 2.25 bits per heavy atom. The van der Waals surface area contributed by atoms with Crippen molar-refractivity contribution in [1.82, 2.24) is 10.2 Å². The number of halogens is 1. The second-order valence-corrected chi connectivity index (χ2v) is 4.16. The topological polar surface area (TPSA) is 91.3 Å². The van der Waals surface area contributed by atoms with E-state index < -0.39 is 4.92 Å². The van der Waals surface area contributed by atoms with Crippen LogP contribution in [0, 0.1) is 10.1 Å². The first-order valence-electron chi connectivity index (χ1n) is 5.96. The van der Waals surface area contributed by atoms with E-state index in [1.54, 1.807) is 19.1 Å². The van der Waals surface area contributed by atoms with Crippen LogP contribution in [0.2, 0.25) is 0 Å². The van der Waals surface area contributed by atoms with E-state index in [0.717, 1.165) is 0 Å². The van der Waals surface area contributed by atoms with Gasteiger partial charge in [0.1, 0.15) is 0 Å². The highest BCUT2D eigenvalue weighted by Gasteiger charge is 2.23. The molecule has 0 aliphatic rings. The zero-order valence-corrected chi connectivity index (χ0v) is 11.5. The minimum absolute atomic E-state index is 0.126. The SMILES string of the molecule is CCOc1c(-c2nnc(CCCl)o2)cccc1[N+](=O)[O-]. The Morgan fingerprint density at radius 3 is 2.90 bits per heavy atom. The third kappa shape index (κ3) is 2.88. The van der Waals surface area contributed by atoms with Gasteiger partial charge in [-0.25, -0.2) is 0 Å². The van der Waals surface area contributed by atoms with Crippen LogP contribution < -0.4 is 4.74 Å². The molecule has 0 bridgehead atoms. The average molecular weight is 298 g/mol. The average Bonchev–Trinajstić information content (AvgIpc) is 2.88. The largest absolute Gasteiger partial charge is 0.487 e. The highest BCUT2D eigenvalue weighted by atomic mass is 35.5. The van der Waals surface area contributed by atoms with Crippen molar-refractivity contribution in [3.05, 3.63) is 34.2 Å². The molecule has 0 amide bonds. The van der Waals surface area contributed by atoms with Crippen LogP contribution in [0.25, 0.3) is 11.5 Å². The van der Waals surface area contributed by atoms with Gasteiger partial charge >= 0.3 is 5.69 Å². The van der Waals surface area contributed by atoms with Crippen molar-refractivity contribution in [2.24, 2.45) is 0 Å². The maximum Gasteiger partial charge on any atom is 0.311 e. The maximum atomic E-state index is 11.0. The van der Waals surface area contributed by atoms with E-state index in [2.05, 4.69) is 10.2 Å². The summed E-state index contributed by atoms with van der Waals surface area (Å²) in [7, 11) is 0. The lowest BCUT2D eigenvalue weighted by Crippen LogP contribution is -1.99. The van der Waals surface area contributed by atoms with E-state index in [4.69, 9.17) is 20.8 Å². The predicted octanol–water partition coefficient (Wildman–Crippen LogP) is 2.82. The lowest BCUT2D eigenvalue weighted by atomic mass is 10.1. The third-order valence-corrected chi connectivity index (χ3v) is 2.67. The molecule has 0 aliphatic heterocycles. The highest BCUT2D eigenvalue weighted by molar-refractivity contribution is 6.17. The lowest BCUT2D eigenvalue weighted by Gasteiger charge is -2.07. The number of rotatable bonds is 6. The number of benzene rings is 1. The number of para-hydroxylation sites is 1. The predicted molar refractivity (Wildman–Crippen MR) is 72.0 cm³/mol. The summed E-state index contributed by atoms with van der Waals surface area (Å²) < 4.78 is 10.8. The van der Waals surface area contributed by atoms with Crippen LogP contribution in [0.1, 0.15) is 12.8 Å². The van der Waals surface area contributed by atoms with Crippen LogP contribution in [-0.2, 0) is 6.42 Å². The van der Waals surface area contributed by atoms with Crippen molar-refractivity contribution in [3.8, 4) is 17.2 Å². The summed E-state index contributed by atoms with van der Waals surface area (Å²) in [6, 6.07) is 4.54. The van der Waals surface area contributed by atoms with Gasteiger partial charge in [0.05, 0.1) is 17.1 Å². The number of nitro groups is 1. The minimum Gasteiger partial charge on any atom is -0.487 e. The van der Waals surface area contributed by atoms with Gasteiger partial charge in [0, 0.05) is 18.4 Å². The van der Waals surface area contributed by atoms with Gasteiger partial charge in [-0.1, -0.05) is 6.07 Å². The van der Waals surface area contributed by atoms with Crippen molar-refractivity contribution >= 4 is 17.3 Å². The summed E-state index contributed by atoms with van der Waals surface area (Å²) in [5.74, 6) is 1.04. The molecule has 0 atom stereocenters. The van der Waals surface area contributed by atoms with Gasteiger partial charge in [0.25, 0.3) is 5.89 Å². The molecular formula is C12H12ClN3O4. The van der Waals surface area contributed by atoms with Crippen LogP contribution in [0.5, 0.6) is 5.75 Å². The van der Waals surface area contributed by atoms with E-state index in [9.17, 15) is 10.1 Å². The Morgan fingerprint density at radius 1 is 1.45 bits per heavy atom. The summed E-state index contributed by atoms with van der Waals surface area (Å²) in [5, 5.41) is 18.7. The number of hydrogen-bond acceptors (Lipinski definition) is 6. The summed E-state index contributed by atoms with van der Waals surface area (Å²) in [6.07, 6.45) is 0.438. The van der Waals surface area contributed by atoms with Crippen LogP contribution in [-0.4, -0.2) is 27.6 Å². The van der Waals surface area contributed by atoms with Crippen LogP contribution in [0.15, 0.2) is 22.6 Å². The summed E-state index contributed by atoms with van der Waals surface area (Å²) in [5.41, 5.74) is 0.260. The fourth-order valence-corrected chi connectivity index (χ4v) is 1.84. The standard InChI is InChI=1S/C12H12ClN3O4/c1-2-19-11-8(4-3-5-9(11)16(17)18)12-15-14-10(20-12)6-7-13/h3-5H,2,6-7H2,1H3. The molecule has 1 aromatic heterocycles. The molecule has 0 saturated heterocycles. The molecule has 0 N–H and O–H groups in total. The van der Waals surface area contributed by atoms with E-state index in [1.165, 1.54) is 6.07 Å². The van der Waals surface area contributed by atoms with Gasteiger partial charge in [-0.3, -0.25) is 10.1 Å². The summed E-state index contributed by atoms with van der Waals surface area (Å²) in [6.45, 7) is 2.04. The molecule has 20 heavy (non-hydrogen) atoms. The molecule has 0 spiro atoms. The van der Waals surface area contributed by atoms with Gasteiger partial charge < -0.3 is 9.15 Å². The molecule has 8 heteroatoms. The third-order valence-electron chi connectivity index (χ3n) is 2.49. The monoisotopic (exact) mass is 297 g/mol. The molecule has 7 nitrogen and oxygen atoms in total. The number of nitro benzene ring substituents is 1. The Hall–Kier alpha value is -2.15. The van der Waals surface area contributed by atoms with E-state index >= 15 is 0 Å². The lowest BCUT2D eigenvalue weighted by molar-refractivity contribution is -0.385. The van der Waals surface area contributed by atoms with Crippen molar-refractivity contribution in [3.63, 3.8) is 0 Å². The molecule has 0 aliphatic carbocycles. The zero-order chi connectivity index (χ0) is 14.5. The van der Waals surface area contributed by atoms with Gasteiger partial charge in [-0.2, -0.15) is 0 Å². The molecule has 0 unspecified atom stereocenters. The smallest absolute Gasteiger partial charge is 0.311 e. The van der Waals surface area contributed by atoms with Crippen molar-refractivity contribution in [1.29, 1.82) is 0 Å². The molecular weight excluding hydrogens is 286 g/mol. The number of nitrogens with zero attached hydrogens (tertiary/aromatic N) is 3. The van der Waals surface area contributed by atoms with Crippen LogP contribution >= 0.6 is 11.6 Å². The van der Waals surface area contributed by atoms with E-state index in [-0.39, 0.29) is 17.3 Å². The van der Waals surface area contributed by atoms with Crippen molar-refractivity contribution < 1.29 is 14.1 Å². The maximum absolute atomic E-state index is 11.0. The second-order valence-electron chi connectivity index (χ2n) is 3.78. The molecule has 2 aromatic rings. The van der Waals surface area contributed by atoms with Crippen LogP contribution in [0.3, 0.4) is 0 Å². The minimum atomic E-state index is -0.509. The Bertz CT molecular complexity index is 614. The number of aryl methyl sites for hydroxylation is 1. The molecule has 1 heterocycles. The van der Waals surface area contributed by atoms with Gasteiger partial charge in [-0.15, -0.1) is 21.8 Å². The van der Waals surface area contributed by atoms with Gasteiger partial charge in [-0.05, 0) is 13.0 Å². The summed E-state index contributed by atoms with van der Waals surface area (Å²) in [4.78, 5) is 10.5. The molecule has 0 saturated carbocycles. The Labute approximate surface area is 119 Å². The number of aromatic nitrogens is 2. The Balaban J connectivity index is 2.48. The second kappa shape index (κ2) is 6.33. The molecule has 0 fully saturated rings. The first-order valence-corrected chi connectivity index (χ1v) is 6.49. The zero-order valence-electron chi connectivity index (χ0n) is 10.7. The number of alkyl halides is 1. The van der Waals surface area contributed by atoms with Crippen molar-refractivity contribution in [2.45, 2.75) is 13.3 Å². The highest BCUT2D eigenvalue weighted by Crippen LogP contribution is 2.37. The first-order chi connectivity index (χ1) is 9.67. The Kier molecular flexibility index (Phi) is 4.52. The molecule has 106 valence electrons. The number of ether oxygens (including phenoxy) is 1. The number of hydrogen-bond donors (Lipinski definition) is 0. The first kappa shape index (κ1) is 14.3. The van der Waals surface area contributed by atoms with Gasteiger partial charge in [0.2, 0.25) is 11.6 Å². The molecule has 2 rings (SSSR count). The van der Waals surface area contributed by atoms with Crippen LogP contribution in [0.4, 0.5) is 5.69 Å². The van der Waals surface area contributed by atoms with Gasteiger partial charge in [0.15, 0.2) is 0 Å². The fraction of sp³-hybridized carbons (Fsp3) is 0.333. The quantitative estimate of drug-likeness (QED) is 0.462.